The second-order valence-electron chi connectivity index (χ2n) is 7.66. The third-order valence-corrected chi connectivity index (χ3v) is 5.52. The van der Waals surface area contributed by atoms with Gasteiger partial charge in [0, 0.05) is 6.04 Å². The van der Waals surface area contributed by atoms with E-state index in [1.165, 1.54) is 11.0 Å². The van der Waals surface area contributed by atoms with Crippen LogP contribution < -0.4 is 15.1 Å². The number of benzene rings is 1. The van der Waals surface area contributed by atoms with Crippen molar-refractivity contribution in [1.82, 2.24) is 10.2 Å². The minimum absolute atomic E-state index is 0.0128. The third-order valence-electron chi connectivity index (χ3n) is 5.17. The first-order valence-electron chi connectivity index (χ1n) is 9.57. The molecular formula is C19H28ClFN4O2+2. The summed E-state index contributed by atoms with van der Waals surface area (Å²) in [4.78, 5) is 28.3. The minimum Gasteiger partial charge on any atom is -0.348 e. The van der Waals surface area contributed by atoms with Gasteiger partial charge in [-0.3, -0.25) is 9.59 Å². The molecule has 0 radical (unpaired) electrons. The highest BCUT2D eigenvalue weighted by atomic mass is 35.5. The Balaban J connectivity index is 1.41. The molecule has 8 heteroatoms. The van der Waals surface area contributed by atoms with E-state index in [-0.39, 0.29) is 17.6 Å². The van der Waals surface area contributed by atoms with Gasteiger partial charge in [0.25, 0.3) is 11.8 Å². The summed E-state index contributed by atoms with van der Waals surface area (Å²) >= 11 is 6.11. The fourth-order valence-corrected chi connectivity index (χ4v) is 3.64. The van der Waals surface area contributed by atoms with Crippen molar-refractivity contribution in [3.8, 4) is 0 Å². The fraction of sp³-hybridized carbons (Fsp3) is 0.579. The van der Waals surface area contributed by atoms with E-state index in [1.54, 1.807) is 12.1 Å². The molecule has 0 spiro atoms. The van der Waals surface area contributed by atoms with Gasteiger partial charge in [-0.15, -0.1) is 0 Å². The summed E-state index contributed by atoms with van der Waals surface area (Å²) in [5, 5.41) is 3.40. The maximum absolute atomic E-state index is 13.9. The molecular weight excluding hydrogens is 371 g/mol. The Morgan fingerprint density at radius 2 is 2.00 bits per heavy atom. The number of quaternary nitrogens is 2. The highest BCUT2D eigenvalue weighted by Crippen LogP contribution is 2.18. The molecule has 3 rings (SSSR count). The van der Waals surface area contributed by atoms with Crippen LogP contribution in [0.2, 0.25) is 5.02 Å². The van der Waals surface area contributed by atoms with E-state index in [0.717, 1.165) is 30.8 Å². The van der Waals surface area contributed by atoms with Gasteiger partial charge in [-0.2, -0.15) is 0 Å². The van der Waals surface area contributed by atoms with Crippen LogP contribution in [0.25, 0.3) is 0 Å². The van der Waals surface area contributed by atoms with Gasteiger partial charge in [-0.1, -0.05) is 17.7 Å². The molecule has 6 nitrogen and oxygen atoms in total. The van der Waals surface area contributed by atoms with Crippen molar-refractivity contribution in [2.24, 2.45) is 0 Å². The molecule has 2 aliphatic rings. The van der Waals surface area contributed by atoms with Crippen molar-refractivity contribution in [1.29, 1.82) is 0 Å². The second-order valence-corrected chi connectivity index (χ2v) is 8.07. The Morgan fingerprint density at radius 1 is 1.30 bits per heavy atom. The van der Waals surface area contributed by atoms with E-state index in [1.807, 2.05) is 11.9 Å². The number of nitrogens with one attached hydrogen (secondary N) is 3. The van der Waals surface area contributed by atoms with E-state index < -0.39 is 0 Å². The number of likely N-dealkylation sites (N-methyl/N-ethyl adjacent to an activating group) is 1. The van der Waals surface area contributed by atoms with Crippen LogP contribution in [0.15, 0.2) is 18.2 Å². The number of halogens is 2. The lowest BCUT2D eigenvalue weighted by Crippen LogP contribution is -3.14. The van der Waals surface area contributed by atoms with Crippen LogP contribution in [0.4, 0.5) is 4.39 Å². The maximum atomic E-state index is 13.9. The van der Waals surface area contributed by atoms with E-state index in [2.05, 4.69) is 5.32 Å². The molecule has 1 heterocycles. The normalized spacial score (nSPS) is 19.0. The molecule has 148 valence electrons. The van der Waals surface area contributed by atoms with Crippen LogP contribution in [0, 0.1) is 5.82 Å². The lowest BCUT2D eigenvalue weighted by atomic mass is 10.2. The SMILES string of the molecule is C[NH+](CC(=O)NC1CC1)CC(=O)N1CC[NH+](Cc2c(F)cccc2Cl)CC1. The van der Waals surface area contributed by atoms with Crippen LogP contribution in [0.3, 0.4) is 0 Å². The minimum atomic E-state index is -0.275. The molecule has 1 aliphatic carbocycles. The van der Waals surface area contributed by atoms with Gasteiger partial charge < -0.3 is 20.0 Å². The highest BCUT2D eigenvalue weighted by Gasteiger charge is 2.28. The molecule has 1 unspecified atom stereocenters. The zero-order valence-electron chi connectivity index (χ0n) is 15.7. The molecule has 1 aromatic carbocycles. The number of carbonyl (C=O) groups excluding carboxylic acids is 2. The summed E-state index contributed by atoms with van der Waals surface area (Å²) in [7, 11) is 1.87. The number of hydrogen-bond acceptors (Lipinski definition) is 2. The average Bonchev–Trinajstić information content (AvgIpc) is 3.42. The Kier molecular flexibility index (Phi) is 6.68. The predicted molar refractivity (Wildman–Crippen MR) is 100 cm³/mol. The Hall–Kier alpha value is -1.70. The molecule has 1 aromatic rings. The molecule has 1 atom stereocenters. The first-order valence-corrected chi connectivity index (χ1v) is 9.95. The Bertz CT molecular complexity index is 670. The van der Waals surface area contributed by atoms with Gasteiger partial charge >= 0.3 is 0 Å². The second kappa shape index (κ2) is 8.99. The lowest BCUT2D eigenvalue weighted by molar-refractivity contribution is -0.918. The first kappa shape index (κ1) is 20.0. The van der Waals surface area contributed by atoms with Gasteiger partial charge in [0.1, 0.15) is 12.4 Å². The molecule has 3 N–H and O–H groups in total. The standard InChI is InChI=1S/C19H26ClFN4O2/c1-23(12-18(26)22-14-5-6-14)13-19(27)25-9-7-24(8-10-25)11-15-16(20)3-2-4-17(15)21/h2-4,14H,5-13H2,1H3,(H,22,26)/p+2. The zero-order chi connectivity index (χ0) is 19.4. The van der Waals surface area contributed by atoms with Crippen LogP contribution in [-0.2, 0) is 16.1 Å². The van der Waals surface area contributed by atoms with Gasteiger partial charge in [-0.05, 0) is 25.0 Å². The van der Waals surface area contributed by atoms with Crippen LogP contribution >= 0.6 is 11.6 Å². The number of hydrogen-bond donors (Lipinski definition) is 3. The number of piperazine rings is 1. The molecule has 1 saturated carbocycles. The molecule has 1 aliphatic heterocycles. The van der Waals surface area contributed by atoms with E-state index in [4.69, 9.17) is 11.6 Å². The van der Waals surface area contributed by atoms with Crippen molar-refractivity contribution in [2.45, 2.75) is 25.4 Å². The van der Waals surface area contributed by atoms with E-state index in [0.29, 0.717) is 49.4 Å². The summed E-state index contributed by atoms with van der Waals surface area (Å²) < 4.78 is 13.9. The monoisotopic (exact) mass is 398 g/mol. The Morgan fingerprint density at radius 3 is 2.63 bits per heavy atom. The fourth-order valence-electron chi connectivity index (χ4n) is 3.41. The smallest absolute Gasteiger partial charge is 0.278 e. The summed E-state index contributed by atoms with van der Waals surface area (Å²) in [5.41, 5.74) is 0.541. The number of rotatable bonds is 7. The summed E-state index contributed by atoms with van der Waals surface area (Å²) in [6, 6.07) is 5.09. The third kappa shape index (κ3) is 5.89. The number of amides is 2. The summed E-state index contributed by atoms with van der Waals surface area (Å²) in [6.45, 7) is 3.96. The van der Waals surface area contributed by atoms with Crippen molar-refractivity contribution in [2.75, 3.05) is 46.3 Å². The molecule has 0 bridgehead atoms. The molecule has 2 amide bonds. The predicted octanol–water partition coefficient (Wildman–Crippen LogP) is -1.50. The van der Waals surface area contributed by atoms with Gasteiger partial charge in [-0.25, -0.2) is 4.39 Å². The van der Waals surface area contributed by atoms with Crippen molar-refractivity contribution in [3.05, 3.63) is 34.6 Å². The van der Waals surface area contributed by atoms with Gasteiger partial charge in [0.05, 0.1) is 43.8 Å². The Labute approximate surface area is 164 Å². The molecule has 2 fully saturated rings. The maximum Gasteiger partial charge on any atom is 0.278 e. The topological polar surface area (TPSA) is 58.3 Å². The molecule has 27 heavy (non-hydrogen) atoms. The largest absolute Gasteiger partial charge is 0.348 e. The quantitative estimate of drug-likeness (QED) is 0.523. The first-order chi connectivity index (χ1) is 12.9. The van der Waals surface area contributed by atoms with Crippen molar-refractivity contribution < 1.29 is 23.8 Å². The number of carbonyl (C=O) groups is 2. The number of nitrogens with zero attached hydrogens (tertiary/aromatic N) is 1. The van der Waals surface area contributed by atoms with Crippen molar-refractivity contribution >= 4 is 23.4 Å². The lowest BCUT2D eigenvalue weighted by Gasteiger charge is -2.32. The highest BCUT2D eigenvalue weighted by molar-refractivity contribution is 6.31. The average molecular weight is 399 g/mol. The molecule has 0 aromatic heterocycles. The van der Waals surface area contributed by atoms with Gasteiger partial charge in [0.15, 0.2) is 13.1 Å². The summed E-state index contributed by atoms with van der Waals surface area (Å²) in [6.07, 6.45) is 2.13. The molecule has 1 saturated heterocycles. The summed E-state index contributed by atoms with van der Waals surface area (Å²) in [5.74, 6) is -0.197. The van der Waals surface area contributed by atoms with E-state index in [9.17, 15) is 14.0 Å². The van der Waals surface area contributed by atoms with E-state index >= 15 is 0 Å². The van der Waals surface area contributed by atoms with Crippen molar-refractivity contribution in [3.63, 3.8) is 0 Å². The van der Waals surface area contributed by atoms with Crippen LogP contribution in [0.1, 0.15) is 18.4 Å². The zero-order valence-corrected chi connectivity index (χ0v) is 16.4. The van der Waals surface area contributed by atoms with Gasteiger partial charge in [0.2, 0.25) is 0 Å². The van der Waals surface area contributed by atoms with Crippen LogP contribution in [0.5, 0.6) is 0 Å². The van der Waals surface area contributed by atoms with Crippen LogP contribution in [-0.4, -0.2) is 69.1 Å².